The Morgan fingerprint density at radius 3 is 2.58 bits per heavy atom. The molecule has 0 aliphatic heterocycles. The lowest BCUT2D eigenvalue weighted by Gasteiger charge is -2.14. The summed E-state index contributed by atoms with van der Waals surface area (Å²) < 4.78 is 1.45. The maximum Gasteiger partial charge on any atom is 0.266 e. The van der Waals surface area contributed by atoms with Crippen LogP contribution in [0, 0.1) is 0 Å². The maximum absolute atomic E-state index is 13.3. The third-order valence-electron chi connectivity index (χ3n) is 5.57. The number of benzene rings is 3. The van der Waals surface area contributed by atoms with Gasteiger partial charge in [0.2, 0.25) is 5.91 Å². The van der Waals surface area contributed by atoms with E-state index in [4.69, 9.17) is 23.2 Å². The van der Waals surface area contributed by atoms with E-state index in [1.54, 1.807) is 36.4 Å². The minimum Gasteiger partial charge on any atom is -0.325 e. The van der Waals surface area contributed by atoms with E-state index in [-0.39, 0.29) is 17.2 Å². The zero-order valence-corrected chi connectivity index (χ0v) is 19.8. The lowest BCUT2D eigenvalue weighted by atomic mass is 10.1. The number of carbonyl (C=O) groups is 1. The molecule has 166 valence electrons. The first-order chi connectivity index (χ1) is 16.0. The van der Waals surface area contributed by atoms with Crippen molar-refractivity contribution in [2.24, 2.45) is 0 Å². The standard InChI is InChI=1S/C25H19Cl2N3O2S/c26-17-11-18(27)13-20(12-17)30-24(32)21-6-1-2-7-22(21)29-25(30)33-14-23(31)28-19-9-8-15-4-3-5-16(15)10-19/h1-2,6-13H,3-5,14H2,(H,28,31). The summed E-state index contributed by atoms with van der Waals surface area (Å²) in [7, 11) is 0. The molecule has 3 aromatic carbocycles. The Hall–Kier alpha value is -2.80. The Morgan fingerprint density at radius 2 is 1.76 bits per heavy atom. The highest BCUT2D eigenvalue weighted by molar-refractivity contribution is 7.99. The van der Waals surface area contributed by atoms with Crippen LogP contribution in [0.2, 0.25) is 10.0 Å². The Morgan fingerprint density at radius 1 is 1.00 bits per heavy atom. The number of anilines is 1. The van der Waals surface area contributed by atoms with Crippen LogP contribution in [-0.2, 0) is 17.6 Å². The smallest absolute Gasteiger partial charge is 0.266 e. The second-order valence-corrected chi connectivity index (χ2v) is 9.67. The van der Waals surface area contributed by atoms with Crippen molar-refractivity contribution in [2.75, 3.05) is 11.1 Å². The summed E-state index contributed by atoms with van der Waals surface area (Å²) in [5, 5.41) is 4.63. The molecule has 0 spiro atoms. The van der Waals surface area contributed by atoms with Crippen molar-refractivity contribution in [1.82, 2.24) is 9.55 Å². The molecule has 1 amide bonds. The fourth-order valence-electron chi connectivity index (χ4n) is 4.08. The van der Waals surface area contributed by atoms with Gasteiger partial charge >= 0.3 is 0 Å². The first kappa shape index (κ1) is 22.0. The van der Waals surface area contributed by atoms with Crippen molar-refractivity contribution < 1.29 is 4.79 Å². The second kappa shape index (κ2) is 9.21. The summed E-state index contributed by atoms with van der Waals surface area (Å²) >= 11 is 13.6. The van der Waals surface area contributed by atoms with E-state index >= 15 is 0 Å². The zero-order chi connectivity index (χ0) is 22.9. The van der Waals surface area contributed by atoms with Gasteiger partial charge in [0.25, 0.3) is 5.56 Å². The average molecular weight is 496 g/mol. The van der Waals surface area contributed by atoms with Gasteiger partial charge in [-0.3, -0.25) is 14.2 Å². The van der Waals surface area contributed by atoms with E-state index in [0.717, 1.165) is 24.9 Å². The molecule has 1 heterocycles. The summed E-state index contributed by atoms with van der Waals surface area (Å²) in [5.74, 6) is -0.0769. The summed E-state index contributed by atoms with van der Waals surface area (Å²) in [4.78, 5) is 30.7. The number of carbonyl (C=O) groups excluding carboxylic acids is 1. The summed E-state index contributed by atoms with van der Waals surface area (Å²) in [6.45, 7) is 0. The minimum absolute atomic E-state index is 0.0934. The molecule has 0 saturated heterocycles. The van der Waals surface area contributed by atoms with Crippen LogP contribution in [0.15, 0.2) is 70.6 Å². The highest BCUT2D eigenvalue weighted by Crippen LogP contribution is 2.27. The molecule has 5 nitrogen and oxygen atoms in total. The van der Waals surface area contributed by atoms with E-state index in [2.05, 4.69) is 16.4 Å². The summed E-state index contributed by atoms with van der Waals surface area (Å²) in [6.07, 6.45) is 3.29. The number of aromatic nitrogens is 2. The first-order valence-electron chi connectivity index (χ1n) is 10.5. The Labute approximate surface area is 204 Å². The number of aryl methyl sites for hydroxylation is 2. The minimum atomic E-state index is -0.250. The second-order valence-electron chi connectivity index (χ2n) is 7.85. The molecule has 5 rings (SSSR count). The molecule has 0 fully saturated rings. The van der Waals surface area contributed by atoms with Gasteiger partial charge in [-0.1, -0.05) is 53.2 Å². The molecule has 1 N–H and O–H groups in total. The fourth-order valence-corrected chi connectivity index (χ4v) is 5.41. The number of fused-ring (bicyclic) bond motifs is 2. The third-order valence-corrected chi connectivity index (χ3v) is 6.94. The number of halogens is 2. The van der Waals surface area contributed by atoms with Crippen LogP contribution < -0.4 is 10.9 Å². The van der Waals surface area contributed by atoms with Crippen LogP contribution in [0.3, 0.4) is 0 Å². The average Bonchev–Trinajstić information content (AvgIpc) is 3.25. The number of hydrogen-bond donors (Lipinski definition) is 1. The number of thioether (sulfide) groups is 1. The van der Waals surface area contributed by atoms with E-state index in [0.29, 0.717) is 31.8 Å². The Bertz CT molecular complexity index is 1430. The number of amides is 1. The van der Waals surface area contributed by atoms with Gasteiger partial charge in [0.1, 0.15) is 0 Å². The molecule has 4 aromatic rings. The number of hydrogen-bond acceptors (Lipinski definition) is 4. The number of nitrogens with one attached hydrogen (secondary N) is 1. The van der Waals surface area contributed by atoms with Gasteiger partial charge in [-0.2, -0.15) is 0 Å². The number of para-hydroxylation sites is 1. The summed E-state index contributed by atoms with van der Waals surface area (Å²) in [5.41, 5.74) is 4.24. The Kier molecular flexibility index (Phi) is 6.15. The number of rotatable bonds is 5. The normalized spacial score (nSPS) is 12.7. The van der Waals surface area contributed by atoms with Crippen molar-refractivity contribution in [1.29, 1.82) is 0 Å². The molecule has 1 aliphatic carbocycles. The third kappa shape index (κ3) is 4.64. The molecule has 1 aliphatic rings. The van der Waals surface area contributed by atoms with Crippen molar-refractivity contribution in [2.45, 2.75) is 24.4 Å². The van der Waals surface area contributed by atoms with E-state index in [1.165, 1.54) is 27.5 Å². The molecule has 1 aromatic heterocycles. The van der Waals surface area contributed by atoms with Gasteiger partial charge in [-0.15, -0.1) is 0 Å². The molecule has 0 atom stereocenters. The molecule has 8 heteroatoms. The number of nitrogens with zero attached hydrogens (tertiary/aromatic N) is 2. The largest absolute Gasteiger partial charge is 0.325 e. The molecular formula is C25H19Cl2N3O2S. The zero-order valence-electron chi connectivity index (χ0n) is 17.5. The summed E-state index contributed by atoms with van der Waals surface area (Å²) in [6, 6.07) is 18.1. The van der Waals surface area contributed by atoms with Crippen molar-refractivity contribution in [3.63, 3.8) is 0 Å². The lowest BCUT2D eigenvalue weighted by molar-refractivity contribution is -0.113. The van der Waals surface area contributed by atoms with Crippen LogP contribution in [0.5, 0.6) is 0 Å². The fraction of sp³-hybridized carbons (Fsp3) is 0.160. The van der Waals surface area contributed by atoms with Crippen molar-refractivity contribution in [3.05, 3.63) is 92.2 Å². The quantitative estimate of drug-likeness (QED) is 0.276. The van der Waals surface area contributed by atoms with Crippen molar-refractivity contribution >= 4 is 57.5 Å². The SMILES string of the molecule is O=C(CSc1nc2ccccc2c(=O)n1-c1cc(Cl)cc(Cl)c1)Nc1ccc2c(c1)CCC2. The molecule has 0 unspecified atom stereocenters. The Balaban J connectivity index is 1.45. The van der Waals surface area contributed by atoms with Crippen molar-refractivity contribution in [3.8, 4) is 5.69 Å². The monoisotopic (exact) mass is 495 g/mol. The van der Waals surface area contributed by atoms with Gasteiger partial charge in [0.15, 0.2) is 5.16 Å². The predicted octanol–water partition coefficient (Wildman–Crippen LogP) is 5.91. The van der Waals surface area contributed by atoms with Gasteiger partial charge in [0.05, 0.1) is 22.3 Å². The molecule has 0 bridgehead atoms. The van der Waals surface area contributed by atoms with E-state index in [1.807, 2.05) is 18.2 Å². The molecular weight excluding hydrogens is 477 g/mol. The van der Waals surface area contributed by atoms with Gasteiger partial charge in [0, 0.05) is 15.7 Å². The highest BCUT2D eigenvalue weighted by Gasteiger charge is 2.17. The van der Waals surface area contributed by atoms with Crippen LogP contribution in [0.4, 0.5) is 5.69 Å². The maximum atomic E-state index is 13.3. The van der Waals surface area contributed by atoms with Gasteiger partial charge < -0.3 is 5.32 Å². The van der Waals surface area contributed by atoms with Crippen LogP contribution >= 0.6 is 35.0 Å². The van der Waals surface area contributed by atoms with Gasteiger partial charge in [-0.25, -0.2) is 4.98 Å². The van der Waals surface area contributed by atoms with E-state index in [9.17, 15) is 9.59 Å². The van der Waals surface area contributed by atoms with E-state index < -0.39 is 0 Å². The lowest BCUT2D eigenvalue weighted by Crippen LogP contribution is -2.23. The predicted molar refractivity (Wildman–Crippen MR) is 135 cm³/mol. The highest BCUT2D eigenvalue weighted by atomic mass is 35.5. The van der Waals surface area contributed by atoms with Crippen LogP contribution in [0.25, 0.3) is 16.6 Å². The van der Waals surface area contributed by atoms with Crippen LogP contribution in [-0.4, -0.2) is 21.2 Å². The van der Waals surface area contributed by atoms with Gasteiger partial charge in [-0.05, 0) is 72.9 Å². The first-order valence-corrected chi connectivity index (χ1v) is 12.2. The molecule has 0 radical (unpaired) electrons. The molecule has 0 saturated carbocycles. The molecule has 33 heavy (non-hydrogen) atoms. The van der Waals surface area contributed by atoms with Crippen LogP contribution in [0.1, 0.15) is 17.5 Å². The topological polar surface area (TPSA) is 64.0 Å².